The molecule has 0 saturated carbocycles. The minimum atomic E-state index is 0.781. The van der Waals surface area contributed by atoms with Crippen molar-refractivity contribution >= 4 is 11.6 Å². The van der Waals surface area contributed by atoms with E-state index in [1.165, 1.54) is 23.2 Å². The van der Waals surface area contributed by atoms with Crippen molar-refractivity contribution in [2.75, 3.05) is 6.54 Å². The third-order valence-electron chi connectivity index (χ3n) is 3.64. The summed E-state index contributed by atoms with van der Waals surface area (Å²) in [6.45, 7) is 0.781. The van der Waals surface area contributed by atoms with Crippen LogP contribution < -0.4 is 5.73 Å². The summed E-state index contributed by atoms with van der Waals surface area (Å²) in [6, 6.07) is 6.04. The molecule has 4 heteroatoms. The Morgan fingerprint density at radius 2 is 2.16 bits per heavy atom. The molecule has 3 rings (SSSR count). The number of imidazole rings is 1. The topological polar surface area (TPSA) is 54.7 Å². The minimum Gasteiger partial charge on any atom is -0.345 e. The van der Waals surface area contributed by atoms with Gasteiger partial charge in [-0.1, -0.05) is 24.1 Å². The lowest BCUT2D eigenvalue weighted by atomic mass is 10.1. The van der Waals surface area contributed by atoms with E-state index in [1.807, 2.05) is 12.1 Å². The SMILES string of the molecule is NCCCCCc1nc2c([nH]1)Cc1cc(Cl)ccc1-2. The average Bonchev–Trinajstić information content (AvgIpc) is 2.91. The molecule has 0 amide bonds. The Labute approximate surface area is 118 Å². The molecule has 1 aromatic carbocycles. The standard InChI is InChI=1S/C15H18ClN3/c16-11-5-6-12-10(8-11)9-13-15(12)19-14(18-13)4-2-1-3-7-17/h5-6,8H,1-4,7,9,17H2,(H,18,19). The van der Waals surface area contributed by atoms with Gasteiger partial charge in [0.2, 0.25) is 0 Å². The van der Waals surface area contributed by atoms with E-state index in [-0.39, 0.29) is 0 Å². The molecule has 0 aliphatic heterocycles. The van der Waals surface area contributed by atoms with E-state index in [4.69, 9.17) is 22.3 Å². The van der Waals surface area contributed by atoms with Gasteiger partial charge in [0.25, 0.3) is 0 Å². The Hall–Kier alpha value is -1.32. The fraction of sp³-hybridized carbons (Fsp3) is 0.400. The molecular formula is C15H18ClN3. The summed E-state index contributed by atoms with van der Waals surface area (Å²) in [5, 5.41) is 0.797. The van der Waals surface area contributed by atoms with Gasteiger partial charge < -0.3 is 10.7 Å². The molecule has 1 aliphatic rings. The van der Waals surface area contributed by atoms with Gasteiger partial charge in [0.1, 0.15) is 5.82 Å². The van der Waals surface area contributed by atoms with E-state index < -0.39 is 0 Å². The van der Waals surface area contributed by atoms with Gasteiger partial charge in [-0.15, -0.1) is 0 Å². The molecule has 0 saturated heterocycles. The maximum Gasteiger partial charge on any atom is 0.107 e. The molecule has 0 atom stereocenters. The van der Waals surface area contributed by atoms with Crippen molar-refractivity contribution in [2.45, 2.75) is 32.1 Å². The summed E-state index contributed by atoms with van der Waals surface area (Å²) in [4.78, 5) is 8.18. The second-order valence-corrected chi connectivity index (χ2v) is 5.52. The lowest BCUT2D eigenvalue weighted by molar-refractivity contribution is 0.672. The quantitative estimate of drug-likeness (QED) is 0.702. The summed E-state index contributed by atoms with van der Waals surface area (Å²) >= 11 is 6.02. The molecule has 19 heavy (non-hydrogen) atoms. The van der Waals surface area contributed by atoms with Crippen LogP contribution in [0.4, 0.5) is 0 Å². The zero-order valence-electron chi connectivity index (χ0n) is 10.9. The highest BCUT2D eigenvalue weighted by Gasteiger charge is 2.22. The van der Waals surface area contributed by atoms with Crippen LogP contribution in [0, 0.1) is 0 Å². The number of rotatable bonds is 5. The summed E-state index contributed by atoms with van der Waals surface area (Å²) in [7, 11) is 0. The van der Waals surface area contributed by atoms with E-state index in [1.54, 1.807) is 0 Å². The third kappa shape index (κ3) is 2.53. The number of halogens is 1. The highest BCUT2D eigenvalue weighted by molar-refractivity contribution is 6.30. The van der Waals surface area contributed by atoms with E-state index in [9.17, 15) is 0 Å². The van der Waals surface area contributed by atoms with E-state index >= 15 is 0 Å². The third-order valence-corrected chi connectivity index (χ3v) is 3.87. The Kier molecular flexibility index (Phi) is 3.58. The first-order valence-electron chi connectivity index (χ1n) is 6.84. The zero-order chi connectivity index (χ0) is 13.2. The first-order valence-corrected chi connectivity index (χ1v) is 7.22. The molecule has 0 spiro atoms. The van der Waals surface area contributed by atoms with Crippen molar-refractivity contribution in [1.29, 1.82) is 0 Å². The molecule has 0 bridgehead atoms. The van der Waals surface area contributed by atoms with Gasteiger partial charge in [-0.2, -0.15) is 0 Å². The Morgan fingerprint density at radius 3 is 3.00 bits per heavy atom. The average molecular weight is 276 g/mol. The van der Waals surface area contributed by atoms with Gasteiger partial charge in [-0.25, -0.2) is 4.98 Å². The van der Waals surface area contributed by atoms with Crippen molar-refractivity contribution in [3.63, 3.8) is 0 Å². The van der Waals surface area contributed by atoms with E-state index in [2.05, 4.69) is 11.1 Å². The van der Waals surface area contributed by atoms with E-state index in [0.717, 1.165) is 48.8 Å². The van der Waals surface area contributed by atoms with Crippen molar-refractivity contribution in [2.24, 2.45) is 5.73 Å². The molecule has 1 heterocycles. The lowest BCUT2D eigenvalue weighted by Crippen LogP contribution is -1.98. The van der Waals surface area contributed by atoms with Crippen LogP contribution in [0.25, 0.3) is 11.3 Å². The number of aromatic nitrogens is 2. The van der Waals surface area contributed by atoms with Gasteiger partial charge in [0.15, 0.2) is 0 Å². The molecule has 100 valence electrons. The zero-order valence-corrected chi connectivity index (χ0v) is 11.6. The number of aryl methyl sites for hydroxylation is 1. The van der Waals surface area contributed by atoms with Crippen LogP contribution in [-0.4, -0.2) is 16.5 Å². The molecular weight excluding hydrogens is 258 g/mol. The van der Waals surface area contributed by atoms with Crippen molar-refractivity contribution < 1.29 is 0 Å². The normalized spacial score (nSPS) is 12.5. The second-order valence-electron chi connectivity index (χ2n) is 5.09. The Morgan fingerprint density at radius 1 is 1.26 bits per heavy atom. The Balaban J connectivity index is 1.74. The first-order chi connectivity index (χ1) is 9.28. The number of hydrogen-bond donors (Lipinski definition) is 2. The molecule has 1 aliphatic carbocycles. The van der Waals surface area contributed by atoms with Crippen molar-refractivity contribution in [1.82, 2.24) is 9.97 Å². The lowest BCUT2D eigenvalue weighted by Gasteiger charge is -2.00. The predicted octanol–water partition coefficient (Wildman–Crippen LogP) is 3.31. The van der Waals surface area contributed by atoms with Crippen LogP contribution in [0.2, 0.25) is 5.02 Å². The molecule has 3 nitrogen and oxygen atoms in total. The van der Waals surface area contributed by atoms with Crippen LogP contribution in [0.1, 0.15) is 36.3 Å². The number of nitrogens with one attached hydrogen (secondary N) is 1. The molecule has 2 aromatic rings. The van der Waals surface area contributed by atoms with Crippen LogP contribution in [0.3, 0.4) is 0 Å². The smallest absolute Gasteiger partial charge is 0.107 e. The number of fused-ring (bicyclic) bond motifs is 3. The summed E-state index contributed by atoms with van der Waals surface area (Å²) in [5.41, 5.74) is 10.3. The highest BCUT2D eigenvalue weighted by atomic mass is 35.5. The molecule has 0 unspecified atom stereocenters. The fourth-order valence-corrected chi connectivity index (χ4v) is 2.87. The first kappa shape index (κ1) is 12.7. The van der Waals surface area contributed by atoms with Crippen molar-refractivity contribution in [3.8, 4) is 11.3 Å². The Bertz CT molecular complexity index is 589. The summed E-state index contributed by atoms with van der Waals surface area (Å²) < 4.78 is 0. The molecule has 0 radical (unpaired) electrons. The molecule has 3 N–H and O–H groups in total. The predicted molar refractivity (Wildman–Crippen MR) is 78.4 cm³/mol. The second kappa shape index (κ2) is 5.35. The van der Waals surface area contributed by atoms with Crippen LogP contribution in [-0.2, 0) is 12.8 Å². The highest BCUT2D eigenvalue weighted by Crippen LogP contribution is 2.36. The summed E-state index contributed by atoms with van der Waals surface area (Å²) in [6.07, 6.45) is 5.35. The number of aromatic amines is 1. The van der Waals surface area contributed by atoms with Gasteiger partial charge >= 0.3 is 0 Å². The maximum atomic E-state index is 6.02. The monoisotopic (exact) mass is 275 g/mol. The molecule has 1 aromatic heterocycles. The van der Waals surface area contributed by atoms with Gasteiger partial charge in [-0.3, -0.25) is 0 Å². The van der Waals surface area contributed by atoms with E-state index in [0.29, 0.717) is 0 Å². The largest absolute Gasteiger partial charge is 0.345 e. The number of nitrogens with zero attached hydrogens (tertiary/aromatic N) is 1. The number of hydrogen-bond acceptors (Lipinski definition) is 2. The van der Waals surface area contributed by atoms with Gasteiger partial charge in [-0.05, 0) is 37.1 Å². The number of H-pyrrole nitrogens is 1. The van der Waals surface area contributed by atoms with Gasteiger partial charge in [0.05, 0.1) is 5.69 Å². The number of nitrogens with two attached hydrogens (primary N) is 1. The number of unbranched alkanes of at least 4 members (excludes halogenated alkanes) is 2. The van der Waals surface area contributed by atoms with Crippen LogP contribution in [0.5, 0.6) is 0 Å². The summed E-state index contributed by atoms with van der Waals surface area (Å²) in [5.74, 6) is 1.10. The van der Waals surface area contributed by atoms with Crippen molar-refractivity contribution in [3.05, 3.63) is 40.3 Å². The van der Waals surface area contributed by atoms with Crippen LogP contribution >= 0.6 is 11.6 Å². The maximum absolute atomic E-state index is 6.02. The number of benzene rings is 1. The van der Waals surface area contributed by atoms with Gasteiger partial charge in [0, 0.05) is 29.1 Å². The minimum absolute atomic E-state index is 0.781. The fourth-order valence-electron chi connectivity index (χ4n) is 2.68. The molecule has 0 fully saturated rings. The van der Waals surface area contributed by atoms with Crippen LogP contribution in [0.15, 0.2) is 18.2 Å².